The molecule has 118 valence electrons. The summed E-state index contributed by atoms with van der Waals surface area (Å²) in [6, 6.07) is 3.09. The van der Waals surface area contributed by atoms with Gasteiger partial charge in [0, 0.05) is 5.69 Å². The van der Waals surface area contributed by atoms with Gasteiger partial charge in [-0.2, -0.15) is 13.2 Å². The minimum absolute atomic E-state index is 0.00220. The van der Waals surface area contributed by atoms with E-state index in [1.165, 1.54) is 6.07 Å². The molecule has 10 heteroatoms. The van der Waals surface area contributed by atoms with E-state index in [2.05, 4.69) is 5.32 Å². The average molecular weight is 385 g/mol. The van der Waals surface area contributed by atoms with Crippen LogP contribution in [0.4, 0.5) is 18.9 Å². The Morgan fingerprint density at radius 2 is 1.67 bits per heavy atom. The standard InChI is InChI=1S/C9H6Cl2F3NO.C2H2Cl2O/c10-4-8(16)15-5-1-2-7(11)6(3-5)9(12,13)14;3-1-2(4)5/h1-3H,4H2,(H,15,16);1H2. The number of anilines is 1. The summed E-state index contributed by atoms with van der Waals surface area (Å²) in [5.74, 6) is -1.01. The Kier molecular flexibility index (Phi) is 9.04. The molecule has 0 aliphatic heterocycles. The van der Waals surface area contributed by atoms with Crippen LogP contribution in [0.15, 0.2) is 18.2 Å². The molecule has 0 aliphatic rings. The summed E-state index contributed by atoms with van der Waals surface area (Å²) in [6.07, 6.45) is -4.56. The zero-order chi connectivity index (χ0) is 16.6. The van der Waals surface area contributed by atoms with Crippen LogP contribution in [0.1, 0.15) is 5.56 Å². The maximum atomic E-state index is 12.4. The molecule has 0 saturated heterocycles. The van der Waals surface area contributed by atoms with Gasteiger partial charge in [-0.15, -0.1) is 23.2 Å². The molecule has 3 nitrogen and oxygen atoms in total. The summed E-state index contributed by atoms with van der Waals surface area (Å²) >= 11 is 20.1. The lowest BCUT2D eigenvalue weighted by Crippen LogP contribution is -2.14. The highest BCUT2D eigenvalue weighted by atomic mass is 35.5. The molecule has 0 aliphatic carbocycles. The second-order valence-electron chi connectivity index (χ2n) is 3.36. The summed E-state index contributed by atoms with van der Waals surface area (Å²) in [4.78, 5) is 20.3. The Hall–Kier alpha value is -0.690. The second-order valence-corrected chi connectivity index (χ2v) is 4.73. The first-order chi connectivity index (χ1) is 9.61. The Balaban J connectivity index is 0.000000690. The molecule has 0 heterocycles. The smallest absolute Gasteiger partial charge is 0.325 e. The number of halogens is 7. The van der Waals surface area contributed by atoms with E-state index in [-0.39, 0.29) is 17.4 Å². The van der Waals surface area contributed by atoms with Crippen LogP contribution in [0.2, 0.25) is 5.02 Å². The number of carbonyl (C=O) groups excluding carboxylic acids is 2. The molecule has 0 radical (unpaired) electrons. The van der Waals surface area contributed by atoms with Crippen molar-refractivity contribution in [3.05, 3.63) is 28.8 Å². The minimum atomic E-state index is -4.56. The van der Waals surface area contributed by atoms with Crippen molar-refractivity contribution < 1.29 is 22.8 Å². The number of nitrogens with one attached hydrogen (secondary N) is 1. The third kappa shape index (κ3) is 8.36. The highest BCUT2D eigenvalue weighted by molar-refractivity contribution is 6.67. The van der Waals surface area contributed by atoms with Gasteiger partial charge in [-0.1, -0.05) is 11.6 Å². The van der Waals surface area contributed by atoms with E-state index in [0.29, 0.717) is 0 Å². The van der Waals surface area contributed by atoms with Crippen molar-refractivity contribution in [2.24, 2.45) is 0 Å². The number of hydrogen-bond acceptors (Lipinski definition) is 2. The maximum Gasteiger partial charge on any atom is 0.417 e. The van der Waals surface area contributed by atoms with Crippen LogP contribution in [0, 0.1) is 0 Å². The van der Waals surface area contributed by atoms with Gasteiger partial charge in [0.2, 0.25) is 11.1 Å². The van der Waals surface area contributed by atoms with Crippen molar-refractivity contribution in [3.8, 4) is 0 Å². The van der Waals surface area contributed by atoms with E-state index in [0.717, 1.165) is 12.1 Å². The summed E-state index contributed by atoms with van der Waals surface area (Å²) in [5, 5.41) is 1.27. The van der Waals surface area contributed by atoms with Crippen molar-refractivity contribution >= 4 is 63.2 Å². The van der Waals surface area contributed by atoms with E-state index in [1.54, 1.807) is 0 Å². The zero-order valence-electron chi connectivity index (χ0n) is 10.1. The van der Waals surface area contributed by atoms with Gasteiger partial charge in [-0.3, -0.25) is 9.59 Å². The first-order valence-corrected chi connectivity index (χ1v) is 6.91. The number of hydrogen-bond donors (Lipinski definition) is 1. The highest BCUT2D eigenvalue weighted by Gasteiger charge is 2.33. The fourth-order valence-electron chi connectivity index (χ4n) is 1.01. The first-order valence-electron chi connectivity index (χ1n) is 5.08. The number of amides is 1. The van der Waals surface area contributed by atoms with E-state index < -0.39 is 27.9 Å². The second kappa shape index (κ2) is 9.35. The highest BCUT2D eigenvalue weighted by Crippen LogP contribution is 2.36. The normalized spacial score (nSPS) is 10.4. The van der Waals surface area contributed by atoms with Crippen molar-refractivity contribution in [2.45, 2.75) is 6.18 Å². The summed E-state index contributed by atoms with van der Waals surface area (Å²) in [6.45, 7) is 0. The molecule has 0 unspecified atom stereocenters. The number of benzene rings is 1. The fraction of sp³-hybridized carbons (Fsp3) is 0.273. The first kappa shape index (κ1) is 20.3. The lowest BCUT2D eigenvalue weighted by atomic mass is 10.2. The maximum absolute atomic E-state index is 12.4. The molecular weight excluding hydrogens is 377 g/mol. The lowest BCUT2D eigenvalue weighted by Gasteiger charge is -2.11. The van der Waals surface area contributed by atoms with Gasteiger partial charge in [-0.05, 0) is 29.8 Å². The van der Waals surface area contributed by atoms with Crippen molar-refractivity contribution in [3.63, 3.8) is 0 Å². The molecule has 0 atom stereocenters. The topological polar surface area (TPSA) is 46.2 Å². The molecule has 21 heavy (non-hydrogen) atoms. The van der Waals surface area contributed by atoms with Crippen LogP contribution >= 0.6 is 46.4 Å². The van der Waals surface area contributed by atoms with Crippen LogP contribution in [0.5, 0.6) is 0 Å². The van der Waals surface area contributed by atoms with Crippen LogP contribution < -0.4 is 5.32 Å². The van der Waals surface area contributed by atoms with Gasteiger partial charge in [0.15, 0.2) is 0 Å². The van der Waals surface area contributed by atoms with Gasteiger partial charge < -0.3 is 5.32 Å². The van der Waals surface area contributed by atoms with Gasteiger partial charge in [0.05, 0.1) is 16.5 Å². The Labute approximate surface area is 138 Å². The molecule has 1 N–H and O–H groups in total. The van der Waals surface area contributed by atoms with Crippen LogP contribution in [0.25, 0.3) is 0 Å². The molecule has 1 amide bonds. The zero-order valence-corrected chi connectivity index (χ0v) is 13.1. The summed E-state index contributed by atoms with van der Waals surface area (Å²) in [5.41, 5.74) is -0.996. The molecule has 0 spiro atoms. The van der Waals surface area contributed by atoms with Gasteiger partial charge in [-0.25, -0.2) is 0 Å². The third-order valence-electron chi connectivity index (χ3n) is 1.78. The average Bonchev–Trinajstić information content (AvgIpc) is 2.40. The minimum Gasteiger partial charge on any atom is -0.325 e. The quantitative estimate of drug-likeness (QED) is 0.614. The van der Waals surface area contributed by atoms with E-state index in [4.69, 9.17) is 46.4 Å². The Bertz CT molecular complexity index is 509. The van der Waals surface area contributed by atoms with Crippen molar-refractivity contribution in [1.29, 1.82) is 0 Å². The molecule has 0 bridgehead atoms. The largest absolute Gasteiger partial charge is 0.417 e. The monoisotopic (exact) mass is 383 g/mol. The van der Waals surface area contributed by atoms with E-state index >= 15 is 0 Å². The Morgan fingerprint density at radius 3 is 2.05 bits per heavy atom. The molecule has 0 saturated carbocycles. The summed E-state index contributed by atoms with van der Waals surface area (Å²) < 4.78 is 37.3. The predicted octanol–water partition coefficient (Wildman–Crippen LogP) is 4.53. The SMILES string of the molecule is O=C(CCl)Nc1ccc(Cl)c(C(F)(F)F)c1.O=C(Cl)CCl. The van der Waals surface area contributed by atoms with Gasteiger partial charge >= 0.3 is 6.18 Å². The number of rotatable bonds is 3. The molecule has 1 aromatic rings. The molecule has 1 rings (SSSR count). The molecule has 0 aromatic heterocycles. The van der Waals surface area contributed by atoms with Crippen LogP contribution in [-0.2, 0) is 15.8 Å². The van der Waals surface area contributed by atoms with Gasteiger partial charge in [0.1, 0.15) is 5.88 Å². The lowest BCUT2D eigenvalue weighted by molar-refractivity contribution is -0.137. The fourth-order valence-corrected chi connectivity index (χ4v) is 1.31. The predicted molar refractivity (Wildman–Crippen MR) is 77.4 cm³/mol. The third-order valence-corrected chi connectivity index (χ3v) is 2.87. The number of carbonyl (C=O) groups is 2. The van der Waals surface area contributed by atoms with E-state index in [1.807, 2.05) is 0 Å². The molecule has 0 fully saturated rings. The van der Waals surface area contributed by atoms with Crippen LogP contribution in [-0.4, -0.2) is 22.9 Å². The number of alkyl halides is 5. The molecular formula is C11H8Cl4F3NO2. The van der Waals surface area contributed by atoms with Gasteiger partial charge in [0.25, 0.3) is 0 Å². The van der Waals surface area contributed by atoms with Crippen molar-refractivity contribution in [1.82, 2.24) is 0 Å². The summed E-state index contributed by atoms with van der Waals surface area (Å²) in [7, 11) is 0. The van der Waals surface area contributed by atoms with E-state index in [9.17, 15) is 22.8 Å². The van der Waals surface area contributed by atoms with Crippen molar-refractivity contribution in [2.75, 3.05) is 17.1 Å². The Morgan fingerprint density at radius 1 is 1.14 bits per heavy atom. The molecule has 1 aromatic carbocycles. The van der Waals surface area contributed by atoms with Crippen LogP contribution in [0.3, 0.4) is 0 Å².